The molecule has 2 aromatic heterocycles. The van der Waals surface area contributed by atoms with E-state index in [-0.39, 0.29) is 0 Å². The van der Waals surface area contributed by atoms with Crippen molar-refractivity contribution in [1.29, 1.82) is 0 Å². The summed E-state index contributed by atoms with van der Waals surface area (Å²) >= 11 is 0. The molecular weight excluding hydrogens is 406 g/mol. The van der Waals surface area contributed by atoms with Gasteiger partial charge in [0.15, 0.2) is 0 Å². The number of likely N-dealkylation sites (N-methyl/N-ethyl adjacent to an activating group) is 1. The van der Waals surface area contributed by atoms with Crippen LogP contribution in [0.25, 0.3) is 16.6 Å². The van der Waals surface area contributed by atoms with Crippen LogP contribution < -0.4 is 0 Å². The quantitative estimate of drug-likeness (QED) is 0.366. The number of H-pyrrole nitrogens is 1. The maximum Gasteiger partial charge on any atom is 0.123 e. The first-order valence-electron chi connectivity index (χ1n) is 12.4. The lowest BCUT2D eigenvalue weighted by Crippen LogP contribution is -2.37. The number of nitrogens with one attached hydrogen (secondary N) is 1. The Labute approximate surface area is 196 Å². The third-order valence-electron chi connectivity index (χ3n) is 7.66. The van der Waals surface area contributed by atoms with Crippen molar-refractivity contribution in [2.24, 2.45) is 5.92 Å². The van der Waals surface area contributed by atoms with Crippen LogP contribution in [0.1, 0.15) is 56.1 Å². The van der Waals surface area contributed by atoms with Gasteiger partial charge < -0.3 is 9.88 Å². The van der Waals surface area contributed by atoms with E-state index in [4.69, 9.17) is 0 Å². The van der Waals surface area contributed by atoms with Crippen molar-refractivity contribution in [3.8, 4) is 5.69 Å². The van der Waals surface area contributed by atoms with E-state index in [9.17, 15) is 0 Å². The highest BCUT2D eigenvalue weighted by Gasteiger charge is 2.25. The van der Waals surface area contributed by atoms with Crippen LogP contribution in [0, 0.1) is 5.92 Å². The van der Waals surface area contributed by atoms with Crippen molar-refractivity contribution in [3.05, 3.63) is 78.5 Å². The summed E-state index contributed by atoms with van der Waals surface area (Å²) in [4.78, 5) is 6.07. The van der Waals surface area contributed by atoms with Crippen LogP contribution in [0.4, 0.5) is 0 Å². The highest BCUT2D eigenvalue weighted by molar-refractivity contribution is 5.85. The molecule has 0 bridgehead atoms. The normalized spacial score (nSPS) is 19.8. The van der Waals surface area contributed by atoms with Gasteiger partial charge >= 0.3 is 0 Å². The first-order chi connectivity index (χ1) is 16.2. The number of aromatic nitrogens is 4. The van der Waals surface area contributed by atoms with Gasteiger partial charge in [-0.3, -0.25) is 4.57 Å². The summed E-state index contributed by atoms with van der Waals surface area (Å²) in [7, 11) is 2.32. The smallest absolute Gasteiger partial charge is 0.123 e. The van der Waals surface area contributed by atoms with E-state index in [0.717, 1.165) is 30.6 Å². The second kappa shape index (κ2) is 9.92. The van der Waals surface area contributed by atoms with E-state index >= 15 is 0 Å². The summed E-state index contributed by atoms with van der Waals surface area (Å²) in [5.41, 5.74) is 5.20. The number of benzene rings is 2. The van der Waals surface area contributed by atoms with Gasteiger partial charge in [0, 0.05) is 35.4 Å². The lowest BCUT2D eigenvalue weighted by atomic mass is 9.82. The van der Waals surface area contributed by atoms with E-state index < -0.39 is 0 Å². The molecule has 33 heavy (non-hydrogen) atoms. The minimum Gasteiger partial charge on any atom is -0.361 e. The number of aromatic amines is 1. The zero-order valence-electron chi connectivity index (χ0n) is 19.8. The predicted octanol–water partition coefficient (Wildman–Crippen LogP) is 5.98. The molecule has 1 N–H and O–H groups in total. The first kappa shape index (κ1) is 21.9. The molecule has 1 saturated carbocycles. The van der Waals surface area contributed by atoms with Crippen LogP contribution in [-0.2, 0) is 6.42 Å². The van der Waals surface area contributed by atoms with Gasteiger partial charge in [0.25, 0.3) is 0 Å². The highest BCUT2D eigenvalue weighted by atomic mass is 15.2. The SMILES string of the molecule is CC(CN(C)C1CCC(CCc2c[nH]c3ccc(-n4cnnc4)cc23)CC1)c1ccccc1. The predicted molar refractivity (Wildman–Crippen MR) is 135 cm³/mol. The topological polar surface area (TPSA) is 49.7 Å². The third kappa shape index (κ3) is 5.03. The van der Waals surface area contributed by atoms with E-state index in [1.165, 1.54) is 54.1 Å². The minimum atomic E-state index is 0.582. The summed E-state index contributed by atoms with van der Waals surface area (Å²) in [5.74, 6) is 1.42. The van der Waals surface area contributed by atoms with Gasteiger partial charge in [-0.15, -0.1) is 10.2 Å². The molecule has 1 atom stereocenters. The molecule has 0 saturated heterocycles. The molecule has 2 aromatic carbocycles. The Morgan fingerprint density at radius 3 is 2.55 bits per heavy atom. The standard InChI is InChI=1S/C28H35N5/c1-21(23-6-4-3-5-7-23)18-32(2)25-12-9-22(10-13-25)8-11-24-17-29-28-15-14-26(16-27(24)28)33-19-30-31-20-33/h3-7,14-17,19-22,25,29H,8-13,18H2,1-2H3. The second-order valence-electron chi connectivity index (χ2n) is 9.88. The van der Waals surface area contributed by atoms with E-state index in [1.54, 1.807) is 12.7 Å². The molecule has 5 nitrogen and oxygen atoms in total. The number of hydrogen-bond donors (Lipinski definition) is 1. The highest BCUT2D eigenvalue weighted by Crippen LogP contribution is 2.32. The molecule has 2 heterocycles. The summed E-state index contributed by atoms with van der Waals surface area (Å²) in [6.07, 6.45) is 13.5. The number of rotatable bonds is 8. The van der Waals surface area contributed by atoms with Gasteiger partial charge in [0.05, 0.1) is 0 Å². The molecule has 0 radical (unpaired) electrons. The number of fused-ring (bicyclic) bond motifs is 1. The average molecular weight is 442 g/mol. The molecule has 1 unspecified atom stereocenters. The van der Waals surface area contributed by atoms with Crippen molar-refractivity contribution in [2.75, 3.05) is 13.6 Å². The Kier molecular flexibility index (Phi) is 6.58. The Bertz CT molecular complexity index is 1140. The number of nitrogens with zero attached hydrogens (tertiary/aromatic N) is 4. The largest absolute Gasteiger partial charge is 0.361 e. The van der Waals surface area contributed by atoms with E-state index in [1.807, 2.05) is 4.57 Å². The van der Waals surface area contributed by atoms with Crippen molar-refractivity contribution >= 4 is 10.9 Å². The van der Waals surface area contributed by atoms with Crippen LogP contribution in [0.2, 0.25) is 0 Å². The van der Waals surface area contributed by atoms with Gasteiger partial charge in [-0.05, 0) is 86.7 Å². The molecule has 0 aliphatic heterocycles. The lowest BCUT2D eigenvalue weighted by molar-refractivity contribution is 0.156. The van der Waals surface area contributed by atoms with Gasteiger partial charge in [-0.1, -0.05) is 37.3 Å². The Morgan fingerprint density at radius 1 is 1.03 bits per heavy atom. The monoisotopic (exact) mass is 441 g/mol. The van der Waals surface area contributed by atoms with Crippen molar-refractivity contribution in [2.45, 2.75) is 57.4 Å². The Balaban J connectivity index is 1.13. The van der Waals surface area contributed by atoms with Gasteiger partial charge in [-0.2, -0.15) is 0 Å². The fourth-order valence-corrected chi connectivity index (χ4v) is 5.57. The van der Waals surface area contributed by atoms with Crippen LogP contribution in [-0.4, -0.2) is 44.3 Å². The third-order valence-corrected chi connectivity index (χ3v) is 7.66. The zero-order valence-corrected chi connectivity index (χ0v) is 19.8. The Morgan fingerprint density at radius 2 is 1.79 bits per heavy atom. The molecule has 5 heteroatoms. The van der Waals surface area contributed by atoms with Crippen LogP contribution in [0.3, 0.4) is 0 Å². The lowest BCUT2D eigenvalue weighted by Gasteiger charge is -2.36. The van der Waals surface area contributed by atoms with Crippen molar-refractivity contribution < 1.29 is 0 Å². The molecule has 1 aliphatic rings. The number of hydrogen-bond acceptors (Lipinski definition) is 3. The fourth-order valence-electron chi connectivity index (χ4n) is 5.57. The first-order valence-corrected chi connectivity index (χ1v) is 12.4. The van der Waals surface area contributed by atoms with Gasteiger partial charge in [-0.25, -0.2) is 0 Å². The van der Waals surface area contributed by atoms with Crippen LogP contribution in [0.15, 0.2) is 67.4 Å². The van der Waals surface area contributed by atoms with Crippen LogP contribution >= 0.6 is 0 Å². The molecule has 4 aromatic rings. The molecule has 1 fully saturated rings. The van der Waals surface area contributed by atoms with Crippen LogP contribution in [0.5, 0.6) is 0 Å². The van der Waals surface area contributed by atoms with E-state index in [0.29, 0.717) is 5.92 Å². The van der Waals surface area contributed by atoms with E-state index in [2.05, 4.69) is 88.8 Å². The van der Waals surface area contributed by atoms with Gasteiger partial charge in [0.1, 0.15) is 12.7 Å². The maximum absolute atomic E-state index is 3.94. The molecule has 172 valence electrons. The molecule has 0 amide bonds. The zero-order chi connectivity index (χ0) is 22.6. The maximum atomic E-state index is 3.94. The average Bonchev–Trinajstić information content (AvgIpc) is 3.53. The molecule has 5 rings (SSSR count). The van der Waals surface area contributed by atoms with Crippen molar-refractivity contribution in [3.63, 3.8) is 0 Å². The Hall–Kier alpha value is -2.92. The minimum absolute atomic E-state index is 0.582. The molecule has 0 spiro atoms. The molecular formula is C28H35N5. The molecule has 1 aliphatic carbocycles. The summed E-state index contributed by atoms with van der Waals surface area (Å²) in [6, 6.07) is 18.2. The summed E-state index contributed by atoms with van der Waals surface area (Å²) < 4.78 is 1.96. The van der Waals surface area contributed by atoms with Gasteiger partial charge in [0.2, 0.25) is 0 Å². The van der Waals surface area contributed by atoms with Crippen molar-refractivity contribution in [1.82, 2.24) is 24.6 Å². The second-order valence-corrected chi connectivity index (χ2v) is 9.88. The fraction of sp³-hybridized carbons (Fsp3) is 0.429. The summed E-state index contributed by atoms with van der Waals surface area (Å²) in [6.45, 7) is 3.50. The summed E-state index contributed by atoms with van der Waals surface area (Å²) in [5, 5.41) is 9.20. The number of aryl methyl sites for hydroxylation is 1.